The molecule has 9 nitrogen and oxygen atoms in total. The summed E-state index contributed by atoms with van der Waals surface area (Å²) in [5.41, 5.74) is 0.470. The Morgan fingerprint density at radius 3 is 3.00 bits per heavy atom. The van der Waals surface area contributed by atoms with Crippen LogP contribution >= 0.6 is 0 Å². The van der Waals surface area contributed by atoms with Crippen LogP contribution in [0.2, 0.25) is 0 Å². The van der Waals surface area contributed by atoms with E-state index in [9.17, 15) is 14.4 Å². The molecule has 2 aromatic rings. The lowest BCUT2D eigenvalue weighted by atomic mass is 10.1. The number of nitrogens with one attached hydrogen (secondary N) is 2. The number of rotatable bonds is 4. The van der Waals surface area contributed by atoms with Gasteiger partial charge >= 0.3 is 0 Å². The standard InChI is InChI=1S/C17H21N5O4/c1-11-7-12(8-14(23)20-11)16(24)22-5-6-26-13(10-22)9-19-15-17(25)21(2)4-3-18-15/h3-4,7-8,13H,5-6,9-10H2,1-2H3,(H,18,19)(H,20,23). The maximum absolute atomic E-state index is 12.7. The highest BCUT2D eigenvalue weighted by molar-refractivity contribution is 5.94. The zero-order chi connectivity index (χ0) is 18.7. The normalized spacial score (nSPS) is 17.2. The topological polar surface area (TPSA) is 109 Å². The number of hydrogen-bond donors (Lipinski definition) is 2. The van der Waals surface area contributed by atoms with Crippen LogP contribution in [0.15, 0.2) is 34.1 Å². The molecule has 1 unspecified atom stereocenters. The lowest BCUT2D eigenvalue weighted by Gasteiger charge is -2.33. The number of aryl methyl sites for hydroxylation is 2. The van der Waals surface area contributed by atoms with Crippen molar-refractivity contribution < 1.29 is 9.53 Å². The van der Waals surface area contributed by atoms with Crippen molar-refractivity contribution in [1.82, 2.24) is 19.4 Å². The summed E-state index contributed by atoms with van der Waals surface area (Å²) in [7, 11) is 1.65. The highest BCUT2D eigenvalue weighted by atomic mass is 16.5. The van der Waals surface area contributed by atoms with Gasteiger partial charge in [0.15, 0.2) is 5.82 Å². The second kappa shape index (κ2) is 7.52. The minimum atomic E-state index is -0.300. The van der Waals surface area contributed by atoms with Crippen LogP contribution in [0.25, 0.3) is 0 Å². The number of ether oxygens (including phenoxy) is 1. The van der Waals surface area contributed by atoms with Crippen molar-refractivity contribution in [3.63, 3.8) is 0 Å². The number of pyridine rings is 1. The molecule has 2 aromatic heterocycles. The summed E-state index contributed by atoms with van der Waals surface area (Å²) in [6, 6.07) is 2.96. The first-order valence-electron chi connectivity index (χ1n) is 8.31. The number of nitrogens with zero attached hydrogens (tertiary/aromatic N) is 3. The molecule has 26 heavy (non-hydrogen) atoms. The Balaban J connectivity index is 1.65. The predicted octanol–water partition coefficient (Wildman–Crippen LogP) is -0.270. The highest BCUT2D eigenvalue weighted by Crippen LogP contribution is 2.11. The molecular weight excluding hydrogens is 338 g/mol. The zero-order valence-electron chi connectivity index (χ0n) is 14.7. The molecular formula is C17H21N5O4. The SMILES string of the molecule is Cc1cc(C(=O)N2CCOC(CNc3nccn(C)c3=O)C2)cc(=O)[nH]1. The summed E-state index contributed by atoms with van der Waals surface area (Å²) < 4.78 is 7.11. The Morgan fingerprint density at radius 1 is 1.42 bits per heavy atom. The maximum atomic E-state index is 12.7. The van der Waals surface area contributed by atoms with E-state index in [4.69, 9.17) is 4.74 Å². The summed E-state index contributed by atoms with van der Waals surface area (Å²) in [4.78, 5) is 44.5. The lowest BCUT2D eigenvalue weighted by molar-refractivity contribution is -0.0150. The quantitative estimate of drug-likeness (QED) is 0.778. The zero-order valence-corrected chi connectivity index (χ0v) is 14.7. The first-order chi connectivity index (χ1) is 12.4. The van der Waals surface area contributed by atoms with Gasteiger partial charge in [0.25, 0.3) is 11.5 Å². The van der Waals surface area contributed by atoms with Gasteiger partial charge in [-0.15, -0.1) is 0 Å². The van der Waals surface area contributed by atoms with Crippen LogP contribution in [-0.2, 0) is 11.8 Å². The van der Waals surface area contributed by atoms with Gasteiger partial charge in [-0.25, -0.2) is 4.98 Å². The van der Waals surface area contributed by atoms with Gasteiger partial charge in [0.2, 0.25) is 5.56 Å². The van der Waals surface area contributed by atoms with Crippen molar-refractivity contribution >= 4 is 11.7 Å². The molecule has 1 amide bonds. The van der Waals surface area contributed by atoms with E-state index in [-0.39, 0.29) is 28.9 Å². The monoisotopic (exact) mass is 359 g/mol. The van der Waals surface area contributed by atoms with Crippen molar-refractivity contribution in [2.24, 2.45) is 7.05 Å². The second-order valence-electron chi connectivity index (χ2n) is 6.23. The molecule has 1 aliphatic rings. The van der Waals surface area contributed by atoms with Gasteiger partial charge in [-0.2, -0.15) is 0 Å². The smallest absolute Gasteiger partial charge is 0.293 e. The average molecular weight is 359 g/mol. The molecule has 9 heteroatoms. The van der Waals surface area contributed by atoms with Crippen LogP contribution in [-0.4, -0.2) is 57.7 Å². The van der Waals surface area contributed by atoms with Crippen molar-refractivity contribution in [2.45, 2.75) is 13.0 Å². The van der Waals surface area contributed by atoms with Gasteiger partial charge in [0.05, 0.1) is 12.7 Å². The third kappa shape index (κ3) is 3.99. The molecule has 0 spiro atoms. The van der Waals surface area contributed by atoms with Gasteiger partial charge in [-0.05, 0) is 13.0 Å². The molecule has 1 aliphatic heterocycles. The Bertz CT molecular complexity index is 920. The Morgan fingerprint density at radius 2 is 2.23 bits per heavy atom. The molecule has 0 bridgehead atoms. The minimum Gasteiger partial charge on any atom is -0.373 e. The van der Waals surface area contributed by atoms with Crippen LogP contribution in [0.5, 0.6) is 0 Å². The summed E-state index contributed by atoms with van der Waals surface area (Å²) in [5, 5.41) is 2.98. The molecule has 1 saturated heterocycles. The van der Waals surface area contributed by atoms with E-state index in [1.807, 2.05) is 0 Å². The van der Waals surface area contributed by atoms with E-state index < -0.39 is 0 Å². The molecule has 3 rings (SSSR count). The molecule has 1 fully saturated rings. The van der Waals surface area contributed by atoms with Crippen LogP contribution in [0.3, 0.4) is 0 Å². The van der Waals surface area contributed by atoms with Crippen LogP contribution in [0.1, 0.15) is 16.1 Å². The number of carbonyl (C=O) groups excluding carboxylic acids is 1. The van der Waals surface area contributed by atoms with Gasteiger partial charge < -0.3 is 24.5 Å². The number of aromatic nitrogens is 3. The minimum absolute atomic E-state index is 0.207. The summed E-state index contributed by atoms with van der Waals surface area (Å²) >= 11 is 0. The fourth-order valence-corrected chi connectivity index (χ4v) is 2.85. The molecule has 0 aliphatic carbocycles. The fourth-order valence-electron chi connectivity index (χ4n) is 2.85. The first kappa shape index (κ1) is 17.9. The number of anilines is 1. The molecule has 0 aromatic carbocycles. The van der Waals surface area contributed by atoms with Crippen molar-refractivity contribution in [3.05, 3.63) is 56.5 Å². The van der Waals surface area contributed by atoms with E-state index in [1.54, 1.807) is 31.1 Å². The van der Waals surface area contributed by atoms with Gasteiger partial charge in [-0.3, -0.25) is 14.4 Å². The van der Waals surface area contributed by atoms with E-state index in [0.29, 0.717) is 37.5 Å². The molecule has 1 atom stereocenters. The molecule has 138 valence electrons. The first-order valence-corrected chi connectivity index (χ1v) is 8.31. The van der Waals surface area contributed by atoms with E-state index in [0.717, 1.165) is 0 Å². The van der Waals surface area contributed by atoms with Crippen LogP contribution in [0, 0.1) is 6.92 Å². The average Bonchev–Trinajstić information content (AvgIpc) is 2.62. The molecule has 0 radical (unpaired) electrons. The van der Waals surface area contributed by atoms with Gasteiger partial charge in [-0.1, -0.05) is 0 Å². The van der Waals surface area contributed by atoms with Gasteiger partial charge in [0.1, 0.15) is 0 Å². The number of aromatic amines is 1. The third-order valence-corrected chi connectivity index (χ3v) is 4.17. The summed E-state index contributed by atoms with van der Waals surface area (Å²) in [6.45, 7) is 3.29. The van der Waals surface area contributed by atoms with Crippen molar-refractivity contribution in [2.75, 3.05) is 31.6 Å². The molecule has 3 heterocycles. The largest absolute Gasteiger partial charge is 0.373 e. The number of amides is 1. The van der Waals surface area contributed by atoms with E-state index in [1.165, 1.54) is 16.8 Å². The summed E-state index contributed by atoms with van der Waals surface area (Å²) in [5.74, 6) is 0.0357. The number of hydrogen-bond acceptors (Lipinski definition) is 6. The van der Waals surface area contributed by atoms with Crippen LogP contribution in [0.4, 0.5) is 5.82 Å². The van der Waals surface area contributed by atoms with Crippen LogP contribution < -0.4 is 16.4 Å². The van der Waals surface area contributed by atoms with E-state index in [2.05, 4.69) is 15.3 Å². The third-order valence-electron chi connectivity index (χ3n) is 4.17. The number of morpholine rings is 1. The van der Waals surface area contributed by atoms with Gasteiger partial charge in [0, 0.05) is 56.4 Å². The fraction of sp³-hybridized carbons (Fsp3) is 0.412. The predicted molar refractivity (Wildman–Crippen MR) is 95.4 cm³/mol. The molecule has 0 saturated carbocycles. The highest BCUT2D eigenvalue weighted by Gasteiger charge is 2.25. The Hall–Kier alpha value is -2.94. The maximum Gasteiger partial charge on any atom is 0.293 e. The Labute approximate surface area is 149 Å². The molecule has 2 N–H and O–H groups in total. The lowest BCUT2D eigenvalue weighted by Crippen LogP contribution is -2.48. The van der Waals surface area contributed by atoms with E-state index >= 15 is 0 Å². The second-order valence-corrected chi connectivity index (χ2v) is 6.23. The summed E-state index contributed by atoms with van der Waals surface area (Å²) in [6.07, 6.45) is 2.84. The number of H-pyrrole nitrogens is 1. The van der Waals surface area contributed by atoms with Crippen molar-refractivity contribution in [1.29, 1.82) is 0 Å². The Kier molecular flexibility index (Phi) is 5.17. The number of carbonyl (C=O) groups is 1. The van der Waals surface area contributed by atoms with Crippen molar-refractivity contribution in [3.8, 4) is 0 Å².